The number of fused-ring (bicyclic) bond motifs is 1. The third kappa shape index (κ3) is 4.19. The number of H-pyrrole nitrogens is 1. The van der Waals surface area contributed by atoms with E-state index in [1.807, 2.05) is 11.4 Å². The Balaban J connectivity index is 1.44. The molecule has 10 heteroatoms. The van der Waals surface area contributed by atoms with Gasteiger partial charge in [-0.25, -0.2) is 9.97 Å². The highest BCUT2D eigenvalue weighted by molar-refractivity contribution is 7.13. The minimum Gasteiger partial charge on any atom is -0.329 e. The quantitative estimate of drug-likeness (QED) is 0.518. The molecule has 1 saturated heterocycles. The van der Waals surface area contributed by atoms with Crippen LogP contribution in [-0.2, 0) is 17.6 Å². The van der Waals surface area contributed by atoms with E-state index in [1.165, 1.54) is 11.3 Å². The van der Waals surface area contributed by atoms with Crippen LogP contribution >= 0.6 is 11.3 Å². The minimum absolute atomic E-state index is 0.0489. The third-order valence-corrected chi connectivity index (χ3v) is 6.80. The maximum absolute atomic E-state index is 13.1. The van der Waals surface area contributed by atoms with Crippen molar-refractivity contribution in [2.45, 2.75) is 64.3 Å². The largest absolute Gasteiger partial charge is 0.329 e. The summed E-state index contributed by atoms with van der Waals surface area (Å²) in [6.07, 6.45) is 7.44. The number of hydrogen-bond acceptors (Lipinski definition) is 8. The third-order valence-electron chi connectivity index (χ3n) is 6.11. The maximum Gasteiger partial charge on any atom is 0.248 e. The van der Waals surface area contributed by atoms with E-state index in [9.17, 15) is 4.79 Å². The Morgan fingerprint density at radius 2 is 2.16 bits per heavy atom. The number of hydrogen-bond donors (Lipinski definition) is 3. The number of anilines is 4. The van der Waals surface area contributed by atoms with E-state index in [2.05, 4.69) is 44.6 Å². The van der Waals surface area contributed by atoms with E-state index in [4.69, 9.17) is 9.97 Å². The van der Waals surface area contributed by atoms with Gasteiger partial charge in [-0.15, -0.1) is 11.3 Å². The Labute approximate surface area is 191 Å². The average molecular weight is 453 g/mol. The number of aryl methyl sites for hydroxylation is 1. The van der Waals surface area contributed by atoms with Crippen LogP contribution in [0.2, 0.25) is 0 Å². The summed E-state index contributed by atoms with van der Waals surface area (Å²) in [6.45, 7) is 5.02. The summed E-state index contributed by atoms with van der Waals surface area (Å²) in [4.78, 5) is 29.1. The van der Waals surface area contributed by atoms with Crippen molar-refractivity contribution in [3.05, 3.63) is 34.6 Å². The van der Waals surface area contributed by atoms with Crippen molar-refractivity contribution in [3.63, 3.8) is 0 Å². The zero-order valence-electron chi connectivity index (χ0n) is 18.4. The molecule has 0 bridgehead atoms. The van der Waals surface area contributed by atoms with Gasteiger partial charge in [-0.1, -0.05) is 13.8 Å². The van der Waals surface area contributed by atoms with Crippen molar-refractivity contribution in [3.8, 4) is 0 Å². The summed E-state index contributed by atoms with van der Waals surface area (Å²) in [7, 11) is 0. The Morgan fingerprint density at radius 3 is 2.94 bits per heavy atom. The standard InChI is InChI=1S/C22H28N8OS/c1-13(2)16-12-18(29-28-16)25-19-14-6-5-7-15(14)24-21(26-19)30-10-4-3-8-17(30)20(31)27-22-23-9-11-32-22/h9,11-13,17H,3-8,10H2,1-2H3,(H,23,27,31)(H2,24,25,26,28,29)/t17-/m0/s1. The first-order chi connectivity index (χ1) is 15.6. The number of piperidine rings is 1. The molecule has 0 radical (unpaired) electrons. The molecular weight excluding hydrogens is 424 g/mol. The first-order valence-corrected chi connectivity index (χ1v) is 12.2. The van der Waals surface area contributed by atoms with Crippen LogP contribution in [0.25, 0.3) is 0 Å². The van der Waals surface area contributed by atoms with Crippen molar-refractivity contribution in [1.29, 1.82) is 0 Å². The summed E-state index contributed by atoms with van der Waals surface area (Å²) in [6, 6.07) is 1.72. The number of carbonyl (C=O) groups excluding carboxylic acids is 1. The van der Waals surface area contributed by atoms with Gasteiger partial charge in [0.15, 0.2) is 10.9 Å². The molecule has 1 amide bonds. The number of aromatic amines is 1. The summed E-state index contributed by atoms with van der Waals surface area (Å²) < 4.78 is 0. The minimum atomic E-state index is -0.308. The molecular formula is C22H28N8OS. The number of carbonyl (C=O) groups is 1. The number of nitrogens with zero attached hydrogens (tertiary/aromatic N) is 5. The number of amides is 1. The van der Waals surface area contributed by atoms with Gasteiger partial charge >= 0.3 is 0 Å². The molecule has 5 rings (SSSR count). The zero-order valence-corrected chi connectivity index (χ0v) is 19.2. The van der Waals surface area contributed by atoms with Gasteiger partial charge < -0.3 is 15.5 Å². The monoisotopic (exact) mass is 452 g/mol. The fourth-order valence-corrected chi connectivity index (χ4v) is 4.92. The smallest absolute Gasteiger partial charge is 0.248 e. The molecule has 3 N–H and O–H groups in total. The molecule has 0 saturated carbocycles. The summed E-state index contributed by atoms with van der Waals surface area (Å²) >= 11 is 1.42. The summed E-state index contributed by atoms with van der Waals surface area (Å²) in [5.41, 5.74) is 3.30. The molecule has 4 heterocycles. The van der Waals surface area contributed by atoms with Crippen molar-refractivity contribution in [1.82, 2.24) is 25.1 Å². The predicted octanol–water partition coefficient (Wildman–Crippen LogP) is 4.01. The fraction of sp³-hybridized carbons (Fsp3) is 0.500. The summed E-state index contributed by atoms with van der Waals surface area (Å²) in [5, 5.41) is 16.3. The van der Waals surface area contributed by atoms with E-state index < -0.39 is 0 Å². The number of thiazole rings is 1. The molecule has 1 aliphatic heterocycles. The van der Waals surface area contributed by atoms with Crippen molar-refractivity contribution < 1.29 is 4.79 Å². The second kappa shape index (κ2) is 8.85. The van der Waals surface area contributed by atoms with Crippen LogP contribution < -0.4 is 15.5 Å². The van der Waals surface area contributed by atoms with Gasteiger partial charge in [0.2, 0.25) is 11.9 Å². The van der Waals surface area contributed by atoms with E-state index in [0.29, 0.717) is 17.0 Å². The van der Waals surface area contributed by atoms with Crippen LogP contribution in [0.5, 0.6) is 0 Å². The number of aromatic nitrogens is 5. The average Bonchev–Trinajstić information content (AvgIpc) is 3.55. The van der Waals surface area contributed by atoms with Crippen molar-refractivity contribution in [2.24, 2.45) is 0 Å². The van der Waals surface area contributed by atoms with Gasteiger partial charge in [0, 0.05) is 35.4 Å². The van der Waals surface area contributed by atoms with Gasteiger partial charge in [-0.3, -0.25) is 9.89 Å². The molecule has 3 aromatic rings. The zero-order chi connectivity index (χ0) is 22.1. The molecule has 0 unspecified atom stereocenters. The number of rotatable bonds is 6. The second-order valence-electron chi connectivity index (χ2n) is 8.67. The topological polar surface area (TPSA) is 112 Å². The molecule has 32 heavy (non-hydrogen) atoms. The van der Waals surface area contributed by atoms with E-state index >= 15 is 0 Å². The molecule has 1 atom stereocenters. The lowest BCUT2D eigenvalue weighted by Gasteiger charge is -2.34. The predicted molar refractivity (Wildman–Crippen MR) is 126 cm³/mol. The Hall–Kier alpha value is -3.01. The van der Waals surface area contributed by atoms with Gasteiger partial charge in [-0.2, -0.15) is 10.1 Å². The maximum atomic E-state index is 13.1. The Bertz CT molecular complexity index is 1090. The first kappa shape index (κ1) is 20.9. The van der Waals surface area contributed by atoms with E-state index in [1.54, 1.807) is 6.20 Å². The Morgan fingerprint density at radius 1 is 1.25 bits per heavy atom. The highest BCUT2D eigenvalue weighted by Crippen LogP contribution is 2.32. The molecule has 3 aromatic heterocycles. The lowest BCUT2D eigenvalue weighted by molar-refractivity contribution is -0.117. The number of nitrogens with one attached hydrogen (secondary N) is 3. The SMILES string of the molecule is CC(C)c1cc(Nc2nc(N3CCCC[C@H]3C(=O)Nc3nccs3)nc3c2CCC3)n[nH]1. The molecule has 1 fully saturated rings. The van der Waals surface area contributed by atoms with Crippen LogP contribution in [0.4, 0.5) is 22.7 Å². The van der Waals surface area contributed by atoms with Gasteiger partial charge in [-0.05, 0) is 44.4 Å². The summed E-state index contributed by atoms with van der Waals surface area (Å²) in [5.74, 6) is 2.49. The Kier molecular flexibility index (Phi) is 5.77. The van der Waals surface area contributed by atoms with Crippen LogP contribution in [-0.4, -0.2) is 43.6 Å². The molecule has 0 spiro atoms. The fourth-order valence-electron chi connectivity index (χ4n) is 4.39. The second-order valence-corrected chi connectivity index (χ2v) is 9.57. The molecule has 2 aliphatic rings. The molecule has 168 valence electrons. The highest BCUT2D eigenvalue weighted by Gasteiger charge is 2.32. The van der Waals surface area contributed by atoms with E-state index in [0.717, 1.165) is 73.7 Å². The van der Waals surface area contributed by atoms with E-state index in [-0.39, 0.29) is 11.9 Å². The van der Waals surface area contributed by atoms with Crippen molar-refractivity contribution in [2.75, 3.05) is 22.1 Å². The van der Waals surface area contributed by atoms with Gasteiger partial charge in [0.25, 0.3) is 0 Å². The van der Waals surface area contributed by atoms with Crippen LogP contribution in [0, 0.1) is 0 Å². The normalized spacial score (nSPS) is 18.1. The first-order valence-electron chi connectivity index (χ1n) is 11.3. The van der Waals surface area contributed by atoms with Gasteiger partial charge in [0.05, 0.1) is 5.69 Å². The van der Waals surface area contributed by atoms with Crippen LogP contribution in [0.1, 0.15) is 62.4 Å². The molecule has 1 aliphatic carbocycles. The molecule has 0 aromatic carbocycles. The lowest BCUT2D eigenvalue weighted by atomic mass is 10.0. The van der Waals surface area contributed by atoms with Gasteiger partial charge in [0.1, 0.15) is 11.9 Å². The lowest BCUT2D eigenvalue weighted by Crippen LogP contribution is -2.48. The van der Waals surface area contributed by atoms with Crippen molar-refractivity contribution >= 4 is 40.0 Å². The highest BCUT2D eigenvalue weighted by atomic mass is 32.1. The van der Waals surface area contributed by atoms with Crippen LogP contribution in [0.3, 0.4) is 0 Å². The van der Waals surface area contributed by atoms with Crippen LogP contribution in [0.15, 0.2) is 17.6 Å². The molecule has 9 nitrogen and oxygen atoms in total.